The van der Waals surface area contributed by atoms with Crippen molar-refractivity contribution in [3.63, 3.8) is 0 Å². The van der Waals surface area contributed by atoms with E-state index >= 15 is 0 Å². The minimum Gasteiger partial charge on any atom is -0.393 e. The van der Waals surface area contributed by atoms with Crippen LogP contribution in [0.15, 0.2) is 33.8 Å². The van der Waals surface area contributed by atoms with E-state index in [0.29, 0.717) is 12.8 Å². The van der Waals surface area contributed by atoms with Gasteiger partial charge in [-0.25, -0.2) is 0 Å². The summed E-state index contributed by atoms with van der Waals surface area (Å²) in [5, 5.41) is 18.9. The standard InChI is InChI=1S/C11H12ClIN3O2/c12-16-2-1-14-5-8(16)9(15-10(16)13)7-3-11(18,4-7)6-17/h1-2,5,7,17-18H,3-4,6H2/q+1. The molecule has 1 unspecified atom stereocenters. The van der Waals surface area contributed by atoms with Gasteiger partial charge in [0.1, 0.15) is 11.9 Å². The molecule has 7 heteroatoms. The van der Waals surface area contributed by atoms with Crippen LogP contribution < -0.4 is 0 Å². The van der Waals surface area contributed by atoms with E-state index in [-0.39, 0.29) is 16.5 Å². The second-order valence-corrected chi connectivity index (χ2v) is 6.35. The van der Waals surface area contributed by atoms with Gasteiger partial charge in [-0.3, -0.25) is 4.99 Å². The molecule has 0 aromatic heterocycles. The van der Waals surface area contributed by atoms with Crippen LogP contribution in [0.25, 0.3) is 0 Å². The van der Waals surface area contributed by atoms with Crippen molar-refractivity contribution in [1.82, 2.24) is 0 Å². The summed E-state index contributed by atoms with van der Waals surface area (Å²) in [6, 6.07) is 0. The summed E-state index contributed by atoms with van der Waals surface area (Å²) >= 11 is 8.61. The Kier molecular flexibility index (Phi) is 2.91. The molecule has 0 aromatic rings. The second kappa shape index (κ2) is 4.11. The number of amidine groups is 1. The first kappa shape index (κ1) is 12.7. The molecule has 3 aliphatic rings. The normalized spacial score (nSPS) is 41.8. The molecule has 1 fully saturated rings. The lowest BCUT2D eigenvalue weighted by atomic mass is 9.69. The number of hydrogen-bond acceptors (Lipinski definition) is 4. The summed E-state index contributed by atoms with van der Waals surface area (Å²) in [6.07, 6.45) is 6.17. The third-order valence-corrected chi connectivity index (χ3v) is 5.33. The van der Waals surface area contributed by atoms with Gasteiger partial charge in [-0.1, -0.05) is 0 Å². The van der Waals surface area contributed by atoms with Crippen LogP contribution in [0.1, 0.15) is 12.8 Å². The van der Waals surface area contributed by atoms with Gasteiger partial charge >= 0.3 is 0 Å². The molecule has 0 amide bonds. The number of aliphatic hydroxyl groups is 2. The summed E-state index contributed by atoms with van der Waals surface area (Å²) in [5.74, 6) is 0.138. The van der Waals surface area contributed by atoms with Crippen molar-refractivity contribution in [2.75, 3.05) is 6.61 Å². The maximum atomic E-state index is 9.87. The number of nitrogens with zero attached hydrogens (tertiary/aromatic N) is 3. The number of halogens is 2. The van der Waals surface area contributed by atoms with Gasteiger partial charge in [-0.15, -0.1) is 4.00 Å². The molecule has 1 saturated carbocycles. The Morgan fingerprint density at radius 3 is 2.94 bits per heavy atom. The maximum absolute atomic E-state index is 9.87. The van der Waals surface area contributed by atoms with Gasteiger partial charge in [0.15, 0.2) is 11.8 Å². The third-order valence-electron chi connectivity index (χ3n) is 3.58. The fraction of sp³-hybridized carbons (Fsp3) is 0.455. The summed E-state index contributed by atoms with van der Waals surface area (Å²) in [5.41, 5.74) is 0.764. The number of aliphatic imine (C=N–C) groups is 2. The fourth-order valence-corrected chi connectivity index (χ4v) is 3.41. The van der Waals surface area contributed by atoms with E-state index in [1.807, 2.05) is 0 Å². The molecule has 2 N–H and O–H groups in total. The molecule has 5 nitrogen and oxygen atoms in total. The fourth-order valence-electron chi connectivity index (χ4n) is 2.51. The van der Waals surface area contributed by atoms with Crippen LogP contribution in [0.2, 0.25) is 0 Å². The summed E-state index contributed by atoms with van der Waals surface area (Å²) < 4.78 is 0.786. The predicted octanol–water partition coefficient (Wildman–Crippen LogP) is 1.66. The Labute approximate surface area is 123 Å². The maximum Gasteiger partial charge on any atom is 0.292 e. The first-order valence-corrected chi connectivity index (χ1v) is 7.02. The molecular weight excluding hydrogens is 368 g/mol. The van der Waals surface area contributed by atoms with E-state index in [1.165, 1.54) is 0 Å². The van der Waals surface area contributed by atoms with E-state index in [9.17, 15) is 5.11 Å². The van der Waals surface area contributed by atoms with Gasteiger partial charge in [-0.2, -0.15) is 4.99 Å². The van der Waals surface area contributed by atoms with E-state index < -0.39 is 5.60 Å². The van der Waals surface area contributed by atoms with Crippen molar-refractivity contribution < 1.29 is 14.2 Å². The molecule has 0 aromatic carbocycles. The molecule has 0 spiro atoms. The summed E-state index contributed by atoms with van der Waals surface area (Å²) in [4.78, 5) is 8.61. The van der Waals surface area contributed by atoms with Gasteiger partial charge in [-0.05, 0) is 12.8 Å². The average molecular weight is 381 g/mol. The Morgan fingerprint density at radius 2 is 2.28 bits per heavy atom. The first-order valence-electron chi connectivity index (χ1n) is 5.60. The van der Waals surface area contributed by atoms with E-state index in [2.05, 4.69) is 32.6 Å². The lowest BCUT2D eigenvalue weighted by Crippen LogP contribution is -2.47. The number of quaternary nitrogens is 1. The lowest BCUT2D eigenvalue weighted by molar-refractivity contribution is -0.594. The molecule has 0 radical (unpaired) electrons. The molecule has 2 heterocycles. The van der Waals surface area contributed by atoms with Crippen molar-refractivity contribution in [2.45, 2.75) is 18.4 Å². The molecule has 0 bridgehead atoms. The number of rotatable bonds is 2. The van der Waals surface area contributed by atoms with Gasteiger partial charge in [0.2, 0.25) is 5.70 Å². The monoisotopic (exact) mass is 380 g/mol. The summed E-state index contributed by atoms with van der Waals surface area (Å²) in [7, 11) is 0. The highest BCUT2D eigenvalue weighted by Crippen LogP contribution is 2.48. The van der Waals surface area contributed by atoms with Crippen molar-refractivity contribution >= 4 is 44.4 Å². The Morgan fingerprint density at radius 1 is 1.56 bits per heavy atom. The van der Waals surface area contributed by atoms with E-state index in [4.69, 9.17) is 16.9 Å². The highest BCUT2D eigenvalue weighted by atomic mass is 127. The van der Waals surface area contributed by atoms with Crippen molar-refractivity contribution in [1.29, 1.82) is 0 Å². The van der Waals surface area contributed by atoms with Crippen LogP contribution >= 0.6 is 34.4 Å². The van der Waals surface area contributed by atoms with Crippen LogP contribution in [0.4, 0.5) is 0 Å². The van der Waals surface area contributed by atoms with Crippen LogP contribution in [-0.4, -0.2) is 36.5 Å². The third kappa shape index (κ3) is 1.70. The summed E-state index contributed by atoms with van der Waals surface area (Å²) in [6.45, 7) is -0.207. The SMILES string of the molecule is OCC1(O)CC(C2=C3C=NC=C[N+]3(Cl)C(I)=N2)C1. The van der Waals surface area contributed by atoms with Crippen molar-refractivity contribution in [3.05, 3.63) is 23.8 Å². The number of fused-ring (bicyclic) bond motifs is 1. The van der Waals surface area contributed by atoms with Gasteiger partial charge in [0.25, 0.3) is 3.84 Å². The second-order valence-electron chi connectivity index (χ2n) is 4.85. The highest BCUT2D eigenvalue weighted by molar-refractivity contribution is 14.1. The molecule has 18 heavy (non-hydrogen) atoms. The topological polar surface area (TPSA) is 65.2 Å². The molecule has 3 rings (SSSR count). The van der Waals surface area contributed by atoms with Crippen LogP contribution in [0, 0.1) is 5.92 Å². The van der Waals surface area contributed by atoms with Crippen molar-refractivity contribution in [2.24, 2.45) is 15.9 Å². The Hall–Kier alpha value is -0.280. The molecular formula is C11H12ClIN3O2+. The average Bonchev–Trinajstić information content (AvgIpc) is 2.58. The number of allylic oxidation sites excluding steroid dienone is 2. The number of hydrogen-bond donors (Lipinski definition) is 2. The van der Waals surface area contributed by atoms with Crippen molar-refractivity contribution in [3.8, 4) is 0 Å². The highest BCUT2D eigenvalue weighted by Gasteiger charge is 2.51. The predicted molar refractivity (Wildman–Crippen MR) is 77.0 cm³/mol. The van der Waals surface area contributed by atoms with Gasteiger partial charge in [0, 0.05) is 5.92 Å². The van der Waals surface area contributed by atoms with Gasteiger partial charge < -0.3 is 10.2 Å². The molecule has 0 saturated heterocycles. The van der Waals surface area contributed by atoms with Gasteiger partial charge in [0.05, 0.1) is 47.2 Å². The minimum absolute atomic E-state index is 0.0352. The molecule has 1 aliphatic carbocycles. The zero-order valence-corrected chi connectivity index (χ0v) is 12.3. The molecule has 2 aliphatic heterocycles. The lowest BCUT2D eigenvalue weighted by Gasteiger charge is -2.41. The largest absolute Gasteiger partial charge is 0.393 e. The van der Waals surface area contributed by atoms with Crippen LogP contribution in [0.3, 0.4) is 0 Å². The van der Waals surface area contributed by atoms with E-state index in [0.717, 1.165) is 15.2 Å². The smallest absolute Gasteiger partial charge is 0.292 e. The quantitative estimate of drug-likeness (QED) is 0.435. The minimum atomic E-state index is -0.953. The Bertz CT molecular complexity index is 522. The van der Waals surface area contributed by atoms with E-state index in [1.54, 1.807) is 18.6 Å². The number of aliphatic hydroxyl groups excluding tert-OH is 1. The van der Waals surface area contributed by atoms with Crippen LogP contribution in [0.5, 0.6) is 0 Å². The van der Waals surface area contributed by atoms with Crippen LogP contribution in [-0.2, 0) is 0 Å². The molecule has 96 valence electrons. The first-order chi connectivity index (χ1) is 8.48. The Balaban J connectivity index is 1.92. The zero-order chi connectivity index (χ0) is 13.0. The molecule has 1 atom stereocenters. The zero-order valence-electron chi connectivity index (χ0n) is 9.42.